The molecule has 0 aliphatic rings. The van der Waals surface area contributed by atoms with E-state index in [9.17, 15) is 0 Å². The van der Waals surface area contributed by atoms with Crippen molar-refractivity contribution in [2.75, 3.05) is 9.80 Å². The van der Waals surface area contributed by atoms with Crippen molar-refractivity contribution in [3.8, 4) is 22.9 Å². The van der Waals surface area contributed by atoms with Gasteiger partial charge in [0.1, 0.15) is 0 Å². The van der Waals surface area contributed by atoms with Crippen LogP contribution in [-0.2, 0) is 6.42 Å². The number of hydrogen-bond donors (Lipinski definition) is 0. The molecule has 0 unspecified atom stereocenters. The Hall–Kier alpha value is -8.80. The van der Waals surface area contributed by atoms with Gasteiger partial charge < -0.3 is 14.2 Å². The summed E-state index contributed by atoms with van der Waals surface area (Å²) in [4.78, 5) is 4.52. The summed E-state index contributed by atoms with van der Waals surface area (Å²) >= 11 is 0. The van der Waals surface area contributed by atoms with Gasteiger partial charge in [-0.3, -0.25) is 0 Å². The number of benzene rings is 10. The molecule has 0 atom stereocenters. The Kier molecular flexibility index (Phi) is 11.0. The van der Waals surface area contributed by atoms with Crippen molar-refractivity contribution < 1.29 is 4.42 Å². The van der Waals surface area contributed by atoms with Crippen molar-refractivity contribution in [3.05, 3.63) is 265 Å². The molecular weight excluding hydrogens is 805 g/mol. The van der Waals surface area contributed by atoms with E-state index in [0.29, 0.717) is 11.8 Å². The van der Waals surface area contributed by atoms with Gasteiger partial charge in [0.25, 0.3) is 0 Å². The fraction of sp³-hybridized carbons (Fsp3) is 0.0164. The highest BCUT2D eigenvalue weighted by molar-refractivity contribution is 5.90. The first kappa shape index (κ1) is 40.0. The van der Waals surface area contributed by atoms with Crippen molar-refractivity contribution in [2.24, 2.45) is 0 Å². The third-order valence-electron chi connectivity index (χ3n) is 12.0. The first-order valence-electron chi connectivity index (χ1n) is 22.3. The highest BCUT2D eigenvalue weighted by Crippen LogP contribution is 2.37. The minimum atomic E-state index is 0.481. The molecule has 0 aliphatic carbocycles. The molecule has 1 aromatic heterocycles. The smallest absolute Gasteiger partial charge is 0.248 e. The molecule has 0 fully saturated rings. The number of nitrogens with zero attached hydrogens (tertiary/aromatic N) is 4. The van der Waals surface area contributed by atoms with Crippen LogP contribution in [0.5, 0.6) is 0 Å². The molecule has 10 aromatic carbocycles. The van der Waals surface area contributed by atoms with E-state index < -0.39 is 0 Å². The zero-order chi connectivity index (χ0) is 44.1. The van der Waals surface area contributed by atoms with Gasteiger partial charge in [0, 0.05) is 45.3 Å². The van der Waals surface area contributed by atoms with Crippen LogP contribution in [0, 0.1) is 0 Å². The first-order chi connectivity index (χ1) is 32.7. The predicted octanol–water partition coefficient (Wildman–Crippen LogP) is 16.4. The average molecular weight is 849 g/mol. The van der Waals surface area contributed by atoms with Crippen molar-refractivity contribution >= 4 is 67.8 Å². The van der Waals surface area contributed by atoms with E-state index in [1.807, 2.05) is 30.3 Å². The molecule has 11 rings (SSSR count). The third kappa shape index (κ3) is 8.61. The largest absolute Gasteiger partial charge is 0.416 e. The van der Waals surface area contributed by atoms with Gasteiger partial charge in [-0.15, -0.1) is 10.2 Å². The van der Waals surface area contributed by atoms with Gasteiger partial charge >= 0.3 is 0 Å². The zero-order valence-corrected chi connectivity index (χ0v) is 36.2. The monoisotopic (exact) mass is 848 g/mol. The van der Waals surface area contributed by atoms with Crippen LogP contribution in [0.4, 0.5) is 34.1 Å². The molecule has 0 N–H and O–H groups in total. The second kappa shape index (κ2) is 18.1. The summed E-state index contributed by atoms with van der Waals surface area (Å²) in [5, 5.41) is 13.6. The normalized spacial score (nSPS) is 11.3. The molecule has 11 aromatic rings. The predicted molar refractivity (Wildman–Crippen MR) is 274 cm³/mol. The van der Waals surface area contributed by atoms with Crippen LogP contribution in [0.25, 0.3) is 56.6 Å². The summed E-state index contributed by atoms with van der Waals surface area (Å²) in [6.07, 6.45) is 5.23. The molecule has 1 heterocycles. The Labute approximate surface area is 384 Å². The zero-order valence-electron chi connectivity index (χ0n) is 36.2. The molecule has 5 heteroatoms. The highest BCUT2D eigenvalue weighted by Gasteiger charge is 2.16. The van der Waals surface area contributed by atoms with E-state index in [1.54, 1.807) is 0 Å². The quantitative estimate of drug-likeness (QED) is 0.115. The van der Waals surface area contributed by atoms with Crippen molar-refractivity contribution in [1.82, 2.24) is 10.2 Å². The molecule has 0 saturated carbocycles. The molecule has 0 bridgehead atoms. The molecule has 314 valence electrons. The molecule has 0 aliphatic heterocycles. The third-order valence-corrected chi connectivity index (χ3v) is 12.0. The second-order valence-electron chi connectivity index (χ2n) is 16.4. The molecular formula is C61H44N4O. The van der Waals surface area contributed by atoms with Gasteiger partial charge in [-0.2, -0.15) is 0 Å². The topological polar surface area (TPSA) is 45.4 Å². The van der Waals surface area contributed by atoms with Gasteiger partial charge in [-0.1, -0.05) is 146 Å². The van der Waals surface area contributed by atoms with E-state index >= 15 is 0 Å². The lowest BCUT2D eigenvalue weighted by atomic mass is 9.99. The van der Waals surface area contributed by atoms with Crippen LogP contribution in [0.1, 0.15) is 22.3 Å². The fourth-order valence-electron chi connectivity index (χ4n) is 8.63. The lowest BCUT2D eigenvalue weighted by Crippen LogP contribution is -2.09. The van der Waals surface area contributed by atoms with E-state index in [1.165, 1.54) is 21.9 Å². The Bertz CT molecular complexity index is 3340. The molecule has 0 radical (unpaired) electrons. The molecule has 66 heavy (non-hydrogen) atoms. The minimum Gasteiger partial charge on any atom is -0.416 e. The maximum Gasteiger partial charge on any atom is 0.248 e. The van der Waals surface area contributed by atoms with E-state index in [2.05, 4.69) is 244 Å². The van der Waals surface area contributed by atoms with E-state index in [0.717, 1.165) is 73.6 Å². The number of aromatic nitrogens is 2. The molecule has 5 nitrogen and oxygen atoms in total. The average Bonchev–Trinajstić information content (AvgIpc) is 3.88. The van der Waals surface area contributed by atoms with Crippen molar-refractivity contribution in [1.29, 1.82) is 0 Å². The van der Waals surface area contributed by atoms with Gasteiger partial charge in [0.05, 0.1) is 0 Å². The maximum atomic E-state index is 6.24. The summed E-state index contributed by atoms with van der Waals surface area (Å²) in [5.41, 5.74) is 13.2. The Balaban J connectivity index is 0.749. The van der Waals surface area contributed by atoms with Crippen LogP contribution in [-0.4, -0.2) is 10.2 Å². The van der Waals surface area contributed by atoms with Crippen LogP contribution in [0.15, 0.2) is 247 Å². The number of para-hydroxylation sites is 4. The minimum absolute atomic E-state index is 0.481. The van der Waals surface area contributed by atoms with Crippen LogP contribution < -0.4 is 9.80 Å². The highest BCUT2D eigenvalue weighted by atomic mass is 16.4. The Morgan fingerprint density at radius 1 is 0.318 bits per heavy atom. The summed E-state index contributed by atoms with van der Waals surface area (Å²) in [6, 6.07) is 85.2. The van der Waals surface area contributed by atoms with Gasteiger partial charge in [-0.05, 0) is 159 Å². The molecule has 0 amide bonds. The number of anilines is 6. The van der Waals surface area contributed by atoms with Crippen LogP contribution in [0.2, 0.25) is 0 Å². The van der Waals surface area contributed by atoms with E-state index in [-0.39, 0.29) is 0 Å². The standard InChI is InChI=1S/C61H44N4O/c1-5-13-54(14-6-1)64(55-15-7-2-8-16-55)58-35-26-44(27-36-58)39-47-25-30-49-40-45(23-28-50(49)42-47)21-22-46-24-29-52-43-53(32-31-51(52)41-46)61-63-62-60(66-61)48-33-37-59(38-34-48)65(56-17-9-3-10-18-56)57-19-11-4-12-20-57/h1-38,40-43H,39H2. The SMILES string of the molecule is C(=Cc1ccc2cc(-c3nnc(-c4ccc(N(c5ccccc5)c5ccccc5)cc4)o3)ccc2c1)c1ccc2cc(Cc3ccc(N(c4ccccc4)c4ccccc4)cc3)ccc2c1. The van der Waals surface area contributed by atoms with Crippen LogP contribution in [0.3, 0.4) is 0 Å². The number of fused-ring (bicyclic) bond motifs is 2. The summed E-state index contributed by atoms with van der Waals surface area (Å²) in [5.74, 6) is 0.969. The van der Waals surface area contributed by atoms with E-state index in [4.69, 9.17) is 4.42 Å². The Morgan fingerprint density at radius 3 is 1.18 bits per heavy atom. The summed E-state index contributed by atoms with van der Waals surface area (Å²) in [6.45, 7) is 0. The lowest BCUT2D eigenvalue weighted by molar-refractivity contribution is 0.584. The molecule has 0 saturated heterocycles. The van der Waals surface area contributed by atoms with Gasteiger partial charge in [-0.25, -0.2) is 0 Å². The fourth-order valence-corrected chi connectivity index (χ4v) is 8.63. The van der Waals surface area contributed by atoms with Crippen molar-refractivity contribution in [3.63, 3.8) is 0 Å². The second-order valence-corrected chi connectivity index (χ2v) is 16.4. The Morgan fingerprint density at radius 2 is 0.682 bits per heavy atom. The maximum absolute atomic E-state index is 6.24. The number of rotatable bonds is 12. The number of hydrogen-bond acceptors (Lipinski definition) is 5. The lowest BCUT2D eigenvalue weighted by Gasteiger charge is -2.25. The van der Waals surface area contributed by atoms with Crippen molar-refractivity contribution in [2.45, 2.75) is 6.42 Å². The van der Waals surface area contributed by atoms with Gasteiger partial charge in [0.15, 0.2) is 0 Å². The summed E-state index contributed by atoms with van der Waals surface area (Å²) in [7, 11) is 0. The molecule has 0 spiro atoms. The summed E-state index contributed by atoms with van der Waals surface area (Å²) < 4.78 is 6.24. The first-order valence-corrected chi connectivity index (χ1v) is 22.3. The van der Waals surface area contributed by atoms with Crippen LogP contribution >= 0.6 is 0 Å². The van der Waals surface area contributed by atoms with Gasteiger partial charge in [0.2, 0.25) is 11.8 Å².